The Hall–Kier alpha value is -2.79. The predicted octanol–water partition coefficient (Wildman–Crippen LogP) is 5.76. The SMILES string of the molecule is CC(=O)OC1=C(C)COC(c2cc3ccc(-c4cccs4)cc3o2)=C1C. The highest BCUT2D eigenvalue weighted by Gasteiger charge is 2.24. The average Bonchev–Trinajstić information content (AvgIpc) is 3.27. The lowest BCUT2D eigenvalue weighted by Crippen LogP contribution is -2.13. The van der Waals surface area contributed by atoms with Crippen LogP contribution in [0.1, 0.15) is 26.5 Å². The maximum Gasteiger partial charge on any atom is 0.308 e. The van der Waals surface area contributed by atoms with Gasteiger partial charge in [-0.15, -0.1) is 11.3 Å². The van der Waals surface area contributed by atoms with E-state index in [1.165, 1.54) is 11.8 Å². The van der Waals surface area contributed by atoms with Crippen LogP contribution in [0, 0.1) is 0 Å². The molecule has 0 atom stereocenters. The molecule has 132 valence electrons. The third kappa shape index (κ3) is 2.95. The van der Waals surface area contributed by atoms with Gasteiger partial charge in [-0.1, -0.05) is 18.2 Å². The number of fused-ring (bicyclic) bond motifs is 1. The summed E-state index contributed by atoms with van der Waals surface area (Å²) in [4.78, 5) is 12.6. The first-order valence-electron chi connectivity index (χ1n) is 8.33. The third-order valence-electron chi connectivity index (χ3n) is 4.30. The number of esters is 1. The van der Waals surface area contributed by atoms with Gasteiger partial charge in [0.15, 0.2) is 11.5 Å². The highest BCUT2D eigenvalue weighted by atomic mass is 32.1. The Balaban J connectivity index is 1.76. The van der Waals surface area contributed by atoms with E-state index in [4.69, 9.17) is 13.9 Å². The Labute approximate surface area is 155 Å². The Bertz CT molecular complexity index is 1050. The minimum absolute atomic E-state index is 0.342. The van der Waals surface area contributed by atoms with E-state index >= 15 is 0 Å². The van der Waals surface area contributed by atoms with Crippen LogP contribution >= 0.6 is 11.3 Å². The zero-order valence-electron chi connectivity index (χ0n) is 14.8. The Kier molecular flexibility index (Phi) is 4.17. The molecule has 4 rings (SSSR count). The van der Waals surface area contributed by atoms with E-state index in [1.807, 2.05) is 38.1 Å². The molecule has 4 nitrogen and oxygen atoms in total. The second-order valence-electron chi connectivity index (χ2n) is 6.29. The van der Waals surface area contributed by atoms with Gasteiger partial charge < -0.3 is 13.9 Å². The van der Waals surface area contributed by atoms with E-state index in [9.17, 15) is 4.79 Å². The van der Waals surface area contributed by atoms with Gasteiger partial charge >= 0.3 is 5.97 Å². The molecule has 1 aliphatic heterocycles. The molecule has 0 N–H and O–H groups in total. The fraction of sp³-hybridized carbons (Fsp3) is 0.190. The van der Waals surface area contributed by atoms with Gasteiger partial charge in [0.2, 0.25) is 0 Å². The molecule has 0 bridgehead atoms. The zero-order valence-corrected chi connectivity index (χ0v) is 15.6. The molecular formula is C21H18O4S. The smallest absolute Gasteiger partial charge is 0.308 e. The van der Waals surface area contributed by atoms with Crippen LogP contribution in [0.2, 0.25) is 0 Å². The number of benzene rings is 1. The van der Waals surface area contributed by atoms with Gasteiger partial charge in [-0.2, -0.15) is 0 Å². The standard InChI is InChI=1S/C21H18O4S/c1-12-11-23-21(13(2)20(12)24-14(3)22)18-9-15-6-7-16(10-17(15)25-18)19-5-4-8-26-19/h4-10H,11H2,1-3H3. The molecule has 0 saturated heterocycles. The van der Waals surface area contributed by atoms with Crippen molar-refractivity contribution in [3.8, 4) is 10.4 Å². The highest BCUT2D eigenvalue weighted by Crippen LogP contribution is 2.36. The van der Waals surface area contributed by atoms with Crippen LogP contribution in [0.3, 0.4) is 0 Å². The number of allylic oxidation sites excluding steroid dienone is 1. The Morgan fingerprint density at radius 2 is 2.04 bits per heavy atom. The van der Waals surface area contributed by atoms with Crippen LogP contribution in [-0.4, -0.2) is 12.6 Å². The molecule has 5 heteroatoms. The van der Waals surface area contributed by atoms with Gasteiger partial charge in [0.1, 0.15) is 17.9 Å². The molecule has 0 unspecified atom stereocenters. The van der Waals surface area contributed by atoms with Crippen LogP contribution in [0.4, 0.5) is 0 Å². The molecule has 3 heterocycles. The molecule has 3 aromatic rings. The number of rotatable bonds is 3. The summed E-state index contributed by atoms with van der Waals surface area (Å²) in [5.41, 5.74) is 3.58. The summed E-state index contributed by atoms with van der Waals surface area (Å²) < 4.78 is 17.3. The van der Waals surface area contributed by atoms with Gasteiger partial charge in [0, 0.05) is 28.3 Å². The zero-order chi connectivity index (χ0) is 18.3. The van der Waals surface area contributed by atoms with Gasteiger partial charge in [0.25, 0.3) is 0 Å². The number of thiophene rings is 1. The molecule has 0 aliphatic carbocycles. The van der Waals surface area contributed by atoms with Crippen LogP contribution in [0.5, 0.6) is 0 Å². The van der Waals surface area contributed by atoms with Crippen LogP contribution < -0.4 is 0 Å². The van der Waals surface area contributed by atoms with Crippen molar-refractivity contribution < 1.29 is 18.7 Å². The first kappa shape index (κ1) is 16.7. The second-order valence-corrected chi connectivity index (χ2v) is 7.23. The summed E-state index contributed by atoms with van der Waals surface area (Å²) in [5, 5.41) is 3.06. The van der Waals surface area contributed by atoms with E-state index in [0.717, 1.165) is 27.7 Å². The molecule has 1 aliphatic rings. The van der Waals surface area contributed by atoms with Gasteiger partial charge in [-0.25, -0.2) is 0 Å². The number of carbonyl (C=O) groups excluding carboxylic acids is 1. The Morgan fingerprint density at radius 3 is 2.77 bits per heavy atom. The van der Waals surface area contributed by atoms with Crippen molar-refractivity contribution in [1.29, 1.82) is 0 Å². The lowest BCUT2D eigenvalue weighted by atomic mass is 10.1. The summed E-state index contributed by atoms with van der Waals surface area (Å²) >= 11 is 1.70. The van der Waals surface area contributed by atoms with Crippen molar-refractivity contribution in [3.05, 3.63) is 64.4 Å². The molecule has 0 saturated carbocycles. The molecule has 26 heavy (non-hydrogen) atoms. The fourth-order valence-corrected chi connectivity index (χ4v) is 3.80. The molecule has 1 aromatic carbocycles. The minimum atomic E-state index is -0.342. The maximum atomic E-state index is 11.4. The first-order chi connectivity index (χ1) is 12.5. The predicted molar refractivity (Wildman–Crippen MR) is 103 cm³/mol. The van der Waals surface area contributed by atoms with E-state index in [0.29, 0.717) is 23.9 Å². The van der Waals surface area contributed by atoms with E-state index in [2.05, 4.69) is 17.5 Å². The molecule has 0 amide bonds. The topological polar surface area (TPSA) is 48.7 Å². The van der Waals surface area contributed by atoms with Crippen LogP contribution in [-0.2, 0) is 14.3 Å². The monoisotopic (exact) mass is 366 g/mol. The van der Waals surface area contributed by atoms with Crippen molar-refractivity contribution >= 4 is 34.0 Å². The number of hydrogen-bond donors (Lipinski definition) is 0. The molecule has 0 spiro atoms. The number of ether oxygens (including phenoxy) is 2. The summed E-state index contributed by atoms with van der Waals surface area (Å²) in [5.74, 6) is 1.47. The Morgan fingerprint density at radius 1 is 1.19 bits per heavy atom. The van der Waals surface area contributed by atoms with E-state index in [-0.39, 0.29) is 5.97 Å². The highest BCUT2D eigenvalue weighted by molar-refractivity contribution is 7.13. The molecule has 0 fully saturated rings. The quantitative estimate of drug-likeness (QED) is 0.553. The largest absolute Gasteiger partial charge is 0.485 e. The van der Waals surface area contributed by atoms with Gasteiger partial charge in [-0.05, 0) is 43.0 Å². The maximum absolute atomic E-state index is 11.4. The van der Waals surface area contributed by atoms with Crippen molar-refractivity contribution in [3.63, 3.8) is 0 Å². The number of carbonyl (C=O) groups is 1. The van der Waals surface area contributed by atoms with E-state index in [1.54, 1.807) is 11.3 Å². The van der Waals surface area contributed by atoms with Crippen LogP contribution in [0.25, 0.3) is 27.2 Å². The lowest BCUT2D eigenvalue weighted by Gasteiger charge is -2.21. The van der Waals surface area contributed by atoms with Crippen LogP contribution in [0.15, 0.2) is 63.1 Å². The van der Waals surface area contributed by atoms with E-state index < -0.39 is 0 Å². The summed E-state index contributed by atoms with van der Waals surface area (Å²) in [6.07, 6.45) is 0. The van der Waals surface area contributed by atoms with Crippen molar-refractivity contribution in [2.75, 3.05) is 6.61 Å². The fourth-order valence-electron chi connectivity index (χ4n) is 3.08. The van der Waals surface area contributed by atoms with Gasteiger partial charge in [0.05, 0.1) is 0 Å². The summed E-state index contributed by atoms with van der Waals surface area (Å²) in [6.45, 7) is 5.54. The summed E-state index contributed by atoms with van der Waals surface area (Å²) in [7, 11) is 0. The first-order valence-corrected chi connectivity index (χ1v) is 9.21. The molecular weight excluding hydrogens is 348 g/mol. The third-order valence-corrected chi connectivity index (χ3v) is 5.22. The minimum Gasteiger partial charge on any atom is -0.485 e. The van der Waals surface area contributed by atoms with Crippen molar-refractivity contribution in [1.82, 2.24) is 0 Å². The average molecular weight is 366 g/mol. The number of hydrogen-bond acceptors (Lipinski definition) is 5. The normalized spacial score (nSPS) is 14.7. The molecule has 2 aromatic heterocycles. The van der Waals surface area contributed by atoms with Crippen molar-refractivity contribution in [2.24, 2.45) is 0 Å². The molecule has 0 radical (unpaired) electrons. The lowest BCUT2D eigenvalue weighted by molar-refractivity contribution is -0.136. The summed E-state index contributed by atoms with van der Waals surface area (Å²) in [6, 6.07) is 12.3. The van der Waals surface area contributed by atoms with Crippen molar-refractivity contribution in [2.45, 2.75) is 20.8 Å². The second kappa shape index (κ2) is 6.50. The van der Waals surface area contributed by atoms with Gasteiger partial charge in [-0.3, -0.25) is 4.79 Å². The number of furan rings is 1.